The summed E-state index contributed by atoms with van der Waals surface area (Å²) in [6.45, 7) is 2.94. The van der Waals surface area contributed by atoms with Gasteiger partial charge in [0.15, 0.2) is 0 Å². The van der Waals surface area contributed by atoms with Crippen LogP contribution < -0.4 is 4.74 Å². The quantitative estimate of drug-likeness (QED) is 0.299. The summed E-state index contributed by atoms with van der Waals surface area (Å²) >= 11 is 3.46. The van der Waals surface area contributed by atoms with Gasteiger partial charge in [-0.05, 0) is 66.5 Å². The fourth-order valence-electron chi connectivity index (χ4n) is 4.44. The number of hydrogen-bond acceptors (Lipinski definition) is 1. The molecule has 0 saturated carbocycles. The average Bonchev–Trinajstić information content (AvgIpc) is 2.74. The van der Waals surface area contributed by atoms with Gasteiger partial charge in [0.1, 0.15) is 5.75 Å². The predicted molar refractivity (Wildman–Crippen MR) is 121 cm³/mol. The molecule has 4 rings (SSSR count). The Morgan fingerprint density at radius 2 is 1.71 bits per heavy atom. The Labute approximate surface area is 176 Å². The molecule has 0 bridgehead atoms. The smallest absolute Gasteiger partial charge is 0.119 e. The maximum Gasteiger partial charge on any atom is 0.119 e. The van der Waals surface area contributed by atoms with Crippen molar-refractivity contribution in [1.82, 2.24) is 0 Å². The summed E-state index contributed by atoms with van der Waals surface area (Å²) in [4.78, 5) is 0. The van der Waals surface area contributed by atoms with Crippen LogP contribution in [0.5, 0.6) is 5.75 Å². The average molecular weight is 435 g/mol. The van der Waals surface area contributed by atoms with Gasteiger partial charge in [-0.15, -0.1) is 0 Å². The predicted octanol–water partition coefficient (Wildman–Crippen LogP) is 7.02. The molecule has 3 aromatic rings. The maximum atomic E-state index is 5.86. The molecule has 0 aliphatic heterocycles. The zero-order chi connectivity index (χ0) is 19.3. The number of fused-ring (bicyclic) bond motifs is 1. The molecule has 1 nitrogen and oxygen atoms in total. The van der Waals surface area contributed by atoms with Gasteiger partial charge in [-0.2, -0.15) is 0 Å². The minimum atomic E-state index is 0.392. The summed E-state index contributed by atoms with van der Waals surface area (Å²) in [5.74, 6) is 1.86. The largest absolute Gasteiger partial charge is 0.494 e. The first-order valence-electron chi connectivity index (χ1n) is 10.2. The van der Waals surface area contributed by atoms with Gasteiger partial charge in [-0.3, -0.25) is 0 Å². The second-order valence-corrected chi connectivity index (χ2v) is 8.49. The molecule has 1 aliphatic rings. The Morgan fingerprint density at radius 1 is 0.929 bits per heavy atom. The lowest BCUT2D eigenvalue weighted by atomic mass is 9.69. The molecule has 1 unspecified atom stereocenters. The van der Waals surface area contributed by atoms with E-state index in [9.17, 15) is 0 Å². The normalized spacial score (nSPS) is 18.5. The van der Waals surface area contributed by atoms with Crippen LogP contribution in [0.25, 0.3) is 0 Å². The molecule has 144 valence electrons. The maximum absolute atomic E-state index is 5.86. The molecule has 0 N–H and O–H groups in total. The Kier molecular flexibility index (Phi) is 6.17. The molecule has 0 amide bonds. The highest BCUT2D eigenvalue weighted by atomic mass is 79.9. The Hall–Kier alpha value is -2.06. The van der Waals surface area contributed by atoms with Gasteiger partial charge in [-0.25, -0.2) is 0 Å². The third-order valence-electron chi connectivity index (χ3n) is 5.77. The number of benzene rings is 3. The minimum absolute atomic E-state index is 0.392. The summed E-state index contributed by atoms with van der Waals surface area (Å²) in [5, 5.41) is 0.974. The fraction of sp³-hybridized carbons (Fsp3) is 0.308. The number of hydrogen-bond donors (Lipinski definition) is 0. The molecule has 0 radical (unpaired) electrons. The van der Waals surface area contributed by atoms with Gasteiger partial charge in [0.2, 0.25) is 0 Å². The standard InChI is InChI=1S/C26H27BrO/c1-19-8-14-25-22(18-19)11-15-24(20-6-3-2-4-7-20)26(25)21-9-12-23(13-10-21)28-17-5-16-27/h2-4,6-10,12-14,18,24,26H,5,11,15-17H2,1H3/t24-,26?/m1/s1. The summed E-state index contributed by atoms with van der Waals surface area (Å²) in [6.07, 6.45) is 3.36. The molecular formula is C26H27BrO. The van der Waals surface area contributed by atoms with E-state index >= 15 is 0 Å². The number of rotatable bonds is 6. The Morgan fingerprint density at radius 3 is 2.46 bits per heavy atom. The van der Waals surface area contributed by atoms with Gasteiger partial charge in [0, 0.05) is 11.2 Å². The van der Waals surface area contributed by atoms with Crippen LogP contribution in [0.1, 0.15) is 52.5 Å². The topological polar surface area (TPSA) is 9.23 Å². The van der Waals surface area contributed by atoms with Crippen LogP contribution in [0.2, 0.25) is 0 Å². The highest BCUT2D eigenvalue weighted by Crippen LogP contribution is 2.46. The van der Waals surface area contributed by atoms with Crippen molar-refractivity contribution in [3.63, 3.8) is 0 Å². The monoisotopic (exact) mass is 434 g/mol. The number of halogens is 1. The van der Waals surface area contributed by atoms with Crippen LogP contribution in [-0.4, -0.2) is 11.9 Å². The molecule has 2 atom stereocenters. The van der Waals surface area contributed by atoms with E-state index in [4.69, 9.17) is 4.74 Å². The van der Waals surface area contributed by atoms with Gasteiger partial charge >= 0.3 is 0 Å². The van der Waals surface area contributed by atoms with E-state index in [0.29, 0.717) is 11.8 Å². The van der Waals surface area contributed by atoms with Crippen molar-refractivity contribution in [3.8, 4) is 5.75 Å². The van der Waals surface area contributed by atoms with E-state index in [2.05, 4.69) is 95.7 Å². The number of ether oxygens (including phenoxy) is 1. The van der Waals surface area contributed by atoms with Crippen molar-refractivity contribution in [2.75, 3.05) is 11.9 Å². The van der Waals surface area contributed by atoms with E-state index in [0.717, 1.165) is 30.5 Å². The lowest BCUT2D eigenvalue weighted by molar-refractivity contribution is 0.319. The van der Waals surface area contributed by atoms with Crippen molar-refractivity contribution in [1.29, 1.82) is 0 Å². The van der Waals surface area contributed by atoms with Crippen molar-refractivity contribution in [2.45, 2.75) is 38.0 Å². The third kappa shape index (κ3) is 4.17. The lowest BCUT2D eigenvalue weighted by Crippen LogP contribution is -2.20. The molecule has 0 spiro atoms. The lowest BCUT2D eigenvalue weighted by Gasteiger charge is -2.35. The van der Waals surface area contributed by atoms with Crippen molar-refractivity contribution in [3.05, 3.63) is 101 Å². The minimum Gasteiger partial charge on any atom is -0.494 e. The van der Waals surface area contributed by atoms with Crippen LogP contribution in [0, 0.1) is 6.92 Å². The first kappa shape index (κ1) is 19.3. The molecule has 0 saturated heterocycles. The van der Waals surface area contributed by atoms with E-state index in [1.165, 1.54) is 34.2 Å². The summed E-state index contributed by atoms with van der Waals surface area (Å²) in [7, 11) is 0. The SMILES string of the molecule is Cc1ccc2c(c1)CC[C@H](c1ccccc1)C2c1ccc(OCCCBr)cc1. The van der Waals surface area contributed by atoms with Crippen LogP contribution in [0.15, 0.2) is 72.8 Å². The van der Waals surface area contributed by atoms with Gasteiger partial charge in [-0.1, -0.05) is 82.2 Å². The molecule has 28 heavy (non-hydrogen) atoms. The van der Waals surface area contributed by atoms with Gasteiger partial charge in [0.25, 0.3) is 0 Å². The molecular weight excluding hydrogens is 408 g/mol. The summed E-state index contributed by atoms with van der Waals surface area (Å²) < 4.78 is 5.86. The first-order valence-corrected chi connectivity index (χ1v) is 11.3. The first-order chi connectivity index (χ1) is 13.8. The van der Waals surface area contributed by atoms with E-state index in [1.54, 1.807) is 0 Å². The number of aryl methyl sites for hydroxylation is 2. The Bertz CT molecular complexity index is 901. The van der Waals surface area contributed by atoms with Crippen molar-refractivity contribution >= 4 is 15.9 Å². The van der Waals surface area contributed by atoms with Crippen molar-refractivity contribution < 1.29 is 4.74 Å². The Balaban J connectivity index is 1.69. The molecule has 1 aliphatic carbocycles. The highest BCUT2D eigenvalue weighted by Gasteiger charge is 2.31. The zero-order valence-electron chi connectivity index (χ0n) is 16.4. The zero-order valence-corrected chi connectivity index (χ0v) is 18.0. The molecule has 0 heterocycles. The third-order valence-corrected chi connectivity index (χ3v) is 6.33. The van der Waals surface area contributed by atoms with Crippen LogP contribution in [0.4, 0.5) is 0 Å². The molecule has 0 aromatic heterocycles. The molecule has 0 fully saturated rings. The van der Waals surface area contributed by atoms with E-state index in [1.807, 2.05) is 0 Å². The van der Waals surface area contributed by atoms with Gasteiger partial charge < -0.3 is 4.74 Å². The number of alkyl halides is 1. The van der Waals surface area contributed by atoms with Crippen LogP contribution in [0.3, 0.4) is 0 Å². The molecule has 2 heteroatoms. The second kappa shape index (κ2) is 8.96. The molecule has 3 aromatic carbocycles. The van der Waals surface area contributed by atoms with Crippen molar-refractivity contribution in [2.24, 2.45) is 0 Å². The van der Waals surface area contributed by atoms with Crippen LogP contribution >= 0.6 is 15.9 Å². The summed E-state index contributed by atoms with van der Waals surface area (Å²) in [6, 6.07) is 26.8. The second-order valence-electron chi connectivity index (χ2n) is 7.70. The van der Waals surface area contributed by atoms with Crippen LogP contribution in [-0.2, 0) is 6.42 Å². The van der Waals surface area contributed by atoms with E-state index < -0.39 is 0 Å². The van der Waals surface area contributed by atoms with Gasteiger partial charge in [0.05, 0.1) is 6.61 Å². The van der Waals surface area contributed by atoms with E-state index in [-0.39, 0.29) is 0 Å². The fourth-order valence-corrected chi connectivity index (χ4v) is 4.66. The highest BCUT2D eigenvalue weighted by molar-refractivity contribution is 9.09. The summed E-state index contributed by atoms with van der Waals surface area (Å²) in [5.41, 5.74) is 7.17.